The normalized spacial score (nSPS) is 45.1. The van der Waals surface area contributed by atoms with Crippen molar-refractivity contribution in [2.75, 3.05) is 83.9 Å². The molecule has 32 nitrogen and oxygen atoms in total. The van der Waals surface area contributed by atoms with E-state index >= 15 is 0 Å². The maximum atomic E-state index is 14.6. The first-order chi connectivity index (χ1) is 54.1. The first-order valence-electron chi connectivity index (χ1n) is 42.2. The standard InChI is InChI=1S/C44H77N3O14.C41H76N2O13/c1-17-32-44(11,52)37(53-15)28(6)47(14)39(49)24(2)22-42(9,51)36(61-41-35(58-30(8)48)31(46(12)13)21-25(3)56-41)26(4)34(27(5)40(50)59-32)60-33-23-43(10,54-16)38(29(7)57-33)55-20-18-19-45;1-17-30-41(11,48)36(49-15)26(6)43(14)21-22(2)19-39(9,47)35(56-38-33(53-28(8)44)29(42(12)13)18-23(3)51-38)24(4)32(25(5)37(46)54-30)55-31-20-40(10,50-16)34(45)27(7)52-31/h24-29,31-38,41,51-52H,17-18,20-23H2,1-16H3;22-27,29-36,38,45,47-48H,17-21H2,1-16H3/t24-,25-,26+,27-,28-,29+,31+,32-,33+,34+,35-,36-,37-,38?,41+,42-,43-,44-;22-,23-,24+,25-,26-,27+,29+,30-,31+,32+,33-,34?,35-,36-,38+,39-,40-,41-/m11/s1. The summed E-state index contributed by atoms with van der Waals surface area (Å²) in [6.07, 6.45) is -15.4. The van der Waals surface area contributed by atoms with Crippen LogP contribution in [-0.4, -0.2) is 339 Å². The van der Waals surface area contributed by atoms with Gasteiger partial charge in [-0.15, -0.1) is 0 Å². The van der Waals surface area contributed by atoms with Gasteiger partial charge < -0.3 is 126 Å². The molecule has 0 aromatic heterocycles. The number of ether oxygens (including phenoxy) is 17. The van der Waals surface area contributed by atoms with Crippen LogP contribution in [0, 0.1) is 46.8 Å². The van der Waals surface area contributed by atoms with Crippen LogP contribution in [-0.2, 0) is 104 Å². The highest BCUT2D eigenvalue weighted by Gasteiger charge is 2.58. The molecule has 0 aromatic carbocycles. The third-order valence-electron chi connectivity index (χ3n) is 25.9. The summed E-state index contributed by atoms with van der Waals surface area (Å²) in [5.41, 5.74) is -8.71. The summed E-state index contributed by atoms with van der Waals surface area (Å²) >= 11 is 0. The molecule has 36 atom stereocenters. The Morgan fingerprint density at radius 3 is 1.33 bits per heavy atom. The van der Waals surface area contributed by atoms with Gasteiger partial charge in [-0.05, 0) is 177 Å². The fourth-order valence-electron chi connectivity index (χ4n) is 19.2. The van der Waals surface area contributed by atoms with Crippen molar-refractivity contribution in [1.82, 2.24) is 19.6 Å². The summed E-state index contributed by atoms with van der Waals surface area (Å²) in [6, 6.07) is 0.489. The molecule has 6 rings (SSSR count). The van der Waals surface area contributed by atoms with Crippen molar-refractivity contribution < 1.29 is 130 Å². The van der Waals surface area contributed by atoms with Crippen molar-refractivity contribution in [3.63, 3.8) is 0 Å². The molecule has 0 saturated carbocycles. The topological polar surface area (TPSA) is 380 Å². The monoisotopic (exact) mass is 1680 g/mol. The van der Waals surface area contributed by atoms with Crippen LogP contribution in [0.2, 0.25) is 0 Å². The van der Waals surface area contributed by atoms with Crippen LogP contribution in [0.15, 0.2) is 0 Å². The summed E-state index contributed by atoms with van der Waals surface area (Å²) in [5.74, 6) is -7.35. The van der Waals surface area contributed by atoms with E-state index in [1.54, 1.807) is 90.3 Å². The zero-order chi connectivity index (χ0) is 89.0. The van der Waals surface area contributed by atoms with Crippen LogP contribution in [0.25, 0.3) is 0 Å². The number of nitrogens with zero attached hydrogens (tertiary/aromatic N) is 5. The average Bonchev–Trinajstić information content (AvgIpc) is 1.66. The highest BCUT2D eigenvalue weighted by Crippen LogP contribution is 2.45. The highest BCUT2D eigenvalue weighted by molar-refractivity contribution is 5.79. The molecule has 6 heterocycles. The van der Waals surface area contributed by atoms with Gasteiger partial charge >= 0.3 is 23.9 Å². The summed E-state index contributed by atoms with van der Waals surface area (Å²) in [7, 11) is 17.1. The number of carbonyl (C=O) groups is 5. The Bertz CT molecular complexity index is 3160. The van der Waals surface area contributed by atoms with E-state index in [1.165, 1.54) is 47.0 Å². The Kier molecular flexibility index (Phi) is 38.5. The number of hydrogen-bond acceptors (Lipinski definition) is 31. The molecule has 6 fully saturated rings. The third-order valence-corrected chi connectivity index (χ3v) is 25.9. The average molecular weight is 1680 g/mol. The Hall–Kier alpha value is -4.00. The SMILES string of the molecule is CC[C@H]1OC(=O)[C@H](C)[C@@H](O[C@H]2C[C@@](C)(OC)C(O)[C@H](C)O2)[C@H](C)[C@@H](O[C@@H]2O[C@H](C)C[C@H](N(C)C)[C@H]2OC(C)=O)[C@](C)(O)C[C@@H](C)CN(C)[C@H](C)[C@@H](OC)[C@]1(C)O.CC[C@H]1OC(=O)[C@H](C)[C@@H](O[C@H]2C[C@@](C)(OC)C(OCCC#N)[C@H](C)O2)[C@H](C)[C@@H](O[C@@H]2O[C@H](C)C[C@H](N(C)C)[C@H]2OC(C)=O)[C@](C)(O)C[C@@H](C)C(=O)N(C)[C@H](C)[C@@H](OC)[C@]1(C)O. The fraction of sp³-hybridized carbons (Fsp3) is 0.929. The predicted molar refractivity (Wildman–Crippen MR) is 431 cm³/mol. The van der Waals surface area contributed by atoms with E-state index in [2.05, 4.69) is 11.0 Å². The predicted octanol–water partition coefficient (Wildman–Crippen LogP) is 6.72. The quantitative estimate of drug-likeness (QED) is 0.0452. The number of nitriles is 1. The lowest BCUT2D eigenvalue weighted by molar-refractivity contribution is -0.321. The Morgan fingerprint density at radius 2 is 0.949 bits per heavy atom. The van der Waals surface area contributed by atoms with Gasteiger partial charge in [-0.1, -0.05) is 41.5 Å². The molecule has 0 aliphatic carbocycles. The second-order valence-corrected chi connectivity index (χ2v) is 36.5. The molecule has 680 valence electrons. The number of methoxy groups -OCH3 is 4. The molecule has 5 N–H and O–H groups in total. The second-order valence-electron chi connectivity index (χ2n) is 36.5. The molecule has 6 aliphatic rings. The minimum Gasteiger partial charge on any atom is -0.459 e. The van der Waals surface area contributed by atoms with Gasteiger partial charge in [0.1, 0.15) is 47.8 Å². The van der Waals surface area contributed by atoms with Crippen molar-refractivity contribution in [1.29, 1.82) is 5.26 Å². The van der Waals surface area contributed by atoms with E-state index in [9.17, 15) is 49.5 Å². The molecule has 117 heavy (non-hydrogen) atoms. The Labute approximate surface area is 698 Å². The summed E-state index contributed by atoms with van der Waals surface area (Å²) < 4.78 is 107. The van der Waals surface area contributed by atoms with E-state index in [0.717, 1.165) is 0 Å². The number of carbonyl (C=O) groups excluding carboxylic acids is 5. The number of likely N-dealkylation sites (N-methyl/N-ethyl adjacent to an activating group) is 4. The highest BCUT2D eigenvalue weighted by atomic mass is 16.7. The fourth-order valence-corrected chi connectivity index (χ4v) is 19.2. The van der Waals surface area contributed by atoms with Gasteiger partial charge in [0.05, 0.1) is 120 Å². The van der Waals surface area contributed by atoms with Crippen LogP contribution >= 0.6 is 0 Å². The lowest BCUT2D eigenvalue weighted by Crippen LogP contribution is -2.61. The second kappa shape index (κ2) is 43.6. The molecular formula is C85H153N5O27. The molecule has 0 bridgehead atoms. The van der Waals surface area contributed by atoms with Crippen LogP contribution in [0.1, 0.15) is 210 Å². The van der Waals surface area contributed by atoms with Gasteiger partial charge in [0, 0.05) is 92.5 Å². The zero-order valence-corrected chi connectivity index (χ0v) is 76.6. The third kappa shape index (κ3) is 25.4. The molecule has 6 aliphatic heterocycles. The number of hydrogen-bond donors (Lipinski definition) is 5. The van der Waals surface area contributed by atoms with Crippen molar-refractivity contribution in [3.05, 3.63) is 0 Å². The zero-order valence-electron chi connectivity index (χ0n) is 76.6. The first-order valence-corrected chi connectivity index (χ1v) is 42.2. The number of aliphatic hydroxyl groups excluding tert-OH is 1. The van der Waals surface area contributed by atoms with Crippen LogP contribution in [0.5, 0.6) is 0 Å². The maximum Gasteiger partial charge on any atom is 0.311 e. The molecule has 1 amide bonds. The van der Waals surface area contributed by atoms with E-state index in [1.807, 2.05) is 100 Å². The molecule has 0 radical (unpaired) electrons. The Morgan fingerprint density at radius 1 is 0.547 bits per heavy atom. The number of cyclic esters (lactones) is 2. The van der Waals surface area contributed by atoms with Crippen molar-refractivity contribution >= 4 is 29.8 Å². The van der Waals surface area contributed by atoms with Gasteiger partial charge in [-0.3, -0.25) is 24.0 Å². The minimum atomic E-state index is -1.82. The summed E-state index contributed by atoms with van der Waals surface area (Å²) in [4.78, 5) is 75.8. The van der Waals surface area contributed by atoms with Crippen molar-refractivity contribution in [3.8, 4) is 6.07 Å². The summed E-state index contributed by atoms with van der Waals surface area (Å²) in [6.45, 7) is 38.7. The van der Waals surface area contributed by atoms with Gasteiger partial charge in [0.2, 0.25) is 5.91 Å². The molecule has 0 spiro atoms. The lowest BCUT2D eigenvalue weighted by Gasteiger charge is -2.49. The minimum absolute atomic E-state index is 0.114. The van der Waals surface area contributed by atoms with Crippen molar-refractivity contribution in [2.24, 2.45) is 35.5 Å². The van der Waals surface area contributed by atoms with Gasteiger partial charge in [0.15, 0.2) is 37.4 Å². The van der Waals surface area contributed by atoms with E-state index in [4.69, 9.17) is 85.8 Å². The molecule has 2 unspecified atom stereocenters. The van der Waals surface area contributed by atoms with Crippen molar-refractivity contribution in [2.45, 2.75) is 391 Å². The Balaban J connectivity index is 0.000000419. The number of amides is 1. The first kappa shape index (κ1) is 104. The van der Waals surface area contributed by atoms with Crippen LogP contribution in [0.4, 0.5) is 0 Å². The molecule has 0 aromatic rings. The van der Waals surface area contributed by atoms with Gasteiger partial charge in [0.25, 0.3) is 0 Å². The summed E-state index contributed by atoms with van der Waals surface area (Å²) in [5, 5.41) is 69.9. The number of rotatable bonds is 21. The largest absolute Gasteiger partial charge is 0.459 e. The van der Waals surface area contributed by atoms with Gasteiger partial charge in [-0.25, -0.2) is 0 Å². The van der Waals surface area contributed by atoms with E-state index in [-0.39, 0.29) is 87.3 Å². The number of esters is 4. The van der Waals surface area contributed by atoms with Crippen LogP contribution < -0.4 is 0 Å². The van der Waals surface area contributed by atoms with Gasteiger partial charge in [-0.2, -0.15) is 5.26 Å². The van der Waals surface area contributed by atoms with Crippen LogP contribution in [0.3, 0.4) is 0 Å². The smallest absolute Gasteiger partial charge is 0.311 e. The number of aliphatic hydroxyl groups is 5. The van der Waals surface area contributed by atoms with E-state index in [0.29, 0.717) is 25.8 Å². The maximum absolute atomic E-state index is 14.6. The lowest BCUT2D eigenvalue weighted by atomic mass is 9.77. The molecule has 32 heteroatoms. The molecular weight excluding hydrogens is 1520 g/mol. The van der Waals surface area contributed by atoms with E-state index < -0.39 is 204 Å². The molecule has 6 saturated heterocycles.